The molecule has 0 saturated carbocycles. The molecule has 0 nitrogen and oxygen atoms in total. The standard InChI is InChI=1S/C11H11/c1-11-8-4-2-6-10(11)7-3-5-9-11/h2-9H,1H3/q+1. The van der Waals surface area contributed by atoms with Crippen LogP contribution >= 0.6 is 0 Å². The summed E-state index contributed by atoms with van der Waals surface area (Å²) in [6.45, 7) is 2.22. The molecule has 0 N–H and O–H groups in total. The van der Waals surface area contributed by atoms with Crippen LogP contribution in [-0.4, -0.2) is 0 Å². The lowest BCUT2D eigenvalue weighted by molar-refractivity contribution is 0.631. The van der Waals surface area contributed by atoms with Gasteiger partial charge in [0.25, 0.3) is 0 Å². The van der Waals surface area contributed by atoms with Gasteiger partial charge in [0.05, 0.1) is 24.0 Å². The van der Waals surface area contributed by atoms with Crippen molar-refractivity contribution in [3.8, 4) is 0 Å². The Morgan fingerprint density at radius 1 is 1.27 bits per heavy atom. The highest BCUT2D eigenvalue weighted by Gasteiger charge is 2.31. The Morgan fingerprint density at radius 2 is 2.18 bits per heavy atom. The van der Waals surface area contributed by atoms with Crippen LogP contribution in [0.1, 0.15) is 6.92 Å². The quantitative estimate of drug-likeness (QED) is 0.457. The first kappa shape index (κ1) is 6.53. The monoisotopic (exact) mass is 143 g/mol. The molecular weight excluding hydrogens is 132 g/mol. The van der Waals surface area contributed by atoms with Gasteiger partial charge in [-0.15, -0.1) is 0 Å². The summed E-state index contributed by atoms with van der Waals surface area (Å²) < 4.78 is 0. The Labute approximate surface area is 67.6 Å². The summed E-state index contributed by atoms with van der Waals surface area (Å²) in [7, 11) is 0. The molecule has 2 aliphatic rings. The molecule has 0 radical (unpaired) electrons. The van der Waals surface area contributed by atoms with E-state index >= 15 is 0 Å². The molecule has 0 aromatic heterocycles. The van der Waals surface area contributed by atoms with E-state index in [1.54, 1.807) is 0 Å². The summed E-state index contributed by atoms with van der Waals surface area (Å²) in [5, 5.41) is 0. The van der Waals surface area contributed by atoms with E-state index in [1.165, 1.54) is 5.57 Å². The van der Waals surface area contributed by atoms with E-state index in [9.17, 15) is 0 Å². The normalized spacial score (nSPS) is 32.6. The van der Waals surface area contributed by atoms with Gasteiger partial charge < -0.3 is 0 Å². The van der Waals surface area contributed by atoms with Gasteiger partial charge in [0.2, 0.25) is 0 Å². The second kappa shape index (κ2) is 2.16. The van der Waals surface area contributed by atoms with Crippen LogP contribution in [0.3, 0.4) is 0 Å². The second-order valence-corrected chi connectivity index (χ2v) is 3.17. The molecule has 0 amide bonds. The molecule has 0 heteroatoms. The molecule has 0 aromatic rings. The summed E-state index contributed by atoms with van der Waals surface area (Å²) in [6.07, 6.45) is 17.2. The predicted molar refractivity (Wildman–Crippen MR) is 47.9 cm³/mol. The Kier molecular flexibility index (Phi) is 1.28. The molecule has 11 heavy (non-hydrogen) atoms. The second-order valence-electron chi connectivity index (χ2n) is 3.17. The molecule has 1 atom stereocenters. The van der Waals surface area contributed by atoms with Crippen molar-refractivity contribution < 1.29 is 0 Å². The largest absolute Gasteiger partial charge is 0.0961 e. The van der Waals surface area contributed by atoms with E-state index in [0.717, 1.165) is 0 Å². The molecule has 0 saturated heterocycles. The van der Waals surface area contributed by atoms with Gasteiger partial charge in [-0.3, -0.25) is 0 Å². The van der Waals surface area contributed by atoms with Crippen LogP contribution in [0.4, 0.5) is 0 Å². The molecule has 1 unspecified atom stereocenters. The molecule has 0 spiro atoms. The lowest BCUT2D eigenvalue weighted by atomic mass is 9.74. The highest BCUT2D eigenvalue weighted by molar-refractivity contribution is 5.46. The van der Waals surface area contributed by atoms with Gasteiger partial charge in [0.1, 0.15) is 0 Å². The average molecular weight is 143 g/mol. The summed E-state index contributed by atoms with van der Waals surface area (Å²) in [6, 6.07) is 0. The highest BCUT2D eigenvalue weighted by Crippen LogP contribution is 2.37. The van der Waals surface area contributed by atoms with Crippen LogP contribution in [0.25, 0.3) is 0 Å². The SMILES string of the molecule is CC12C=CC=CC1=CC=C[CH+]2. The fraction of sp³-hybridized carbons (Fsp3) is 0.182. The summed E-state index contributed by atoms with van der Waals surface area (Å²) in [5.41, 5.74) is 1.53. The van der Waals surface area contributed by atoms with Crippen LogP contribution in [0, 0.1) is 11.8 Å². The van der Waals surface area contributed by atoms with Gasteiger partial charge in [0.15, 0.2) is 0 Å². The minimum Gasteiger partial charge on any atom is -0.0632 e. The van der Waals surface area contributed by atoms with E-state index in [0.29, 0.717) is 0 Å². The highest BCUT2D eigenvalue weighted by atomic mass is 14.3. The number of hydrogen-bond donors (Lipinski definition) is 0. The van der Waals surface area contributed by atoms with Crippen molar-refractivity contribution >= 4 is 0 Å². The number of allylic oxidation sites excluding steroid dienone is 8. The topological polar surface area (TPSA) is 0 Å². The molecule has 0 aliphatic heterocycles. The van der Waals surface area contributed by atoms with Crippen molar-refractivity contribution in [3.05, 3.63) is 54.5 Å². The van der Waals surface area contributed by atoms with E-state index < -0.39 is 0 Å². The van der Waals surface area contributed by atoms with Crippen molar-refractivity contribution in [1.82, 2.24) is 0 Å². The third-order valence-electron chi connectivity index (χ3n) is 2.28. The van der Waals surface area contributed by atoms with Crippen molar-refractivity contribution in [2.45, 2.75) is 6.92 Å². The van der Waals surface area contributed by atoms with Crippen LogP contribution in [-0.2, 0) is 0 Å². The summed E-state index contributed by atoms with van der Waals surface area (Å²) >= 11 is 0. The van der Waals surface area contributed by atoms with Gasteiger partial charge in [-0.1, -0.05) is 24.3 Å². The predicted octanol–water partition coefficient (Wildman–Crippen LogP) is 2.82. The maximum atomic E-state index is 2.22. The minimum absolute atomic E-state index is 0.156. The first-order chi connectivity index (χ1) is 5.31. The molecule has 2 aliphatic carbocycles. The van der Waals surface area contributed by atoms with Crippen LogP contribution in [0.5, 0.6) is 0 Å². The van der Waals surface area contributed by atoms with Crippen LogP contribution < -0.4 is 0 Å². The first-order valence-corrected chi connectivity index (χ1v) is 3.90. The summed E-state index contributed by atoms with van der Waals surface area (Å²) in [5.74, 6) is 0. The Morgan fingerprint density at radius 3 is 3.00 bits per heavy atom. The average Bonchev–Trinajstić information content (AvgIpc) is 2.03. The lowest BCUT2D eigenvalue weighted by Crippen LogP contribution is -2.18. The number of rotatable bonds is 0. The van der Waals surface area contributed by atoms with E-state index in [4.69, 9.17) is 0 Å². The maximum Gasteiger partial charge on any atom is 0.0961 e. The van der Waals surface area contributed by atoms with Gasteiger partial charge >= 0.3 is 0 Å². The number of hydrogen-bond acceptors (Lipinski definition) is 0. The lowest BCUT2D eigenvalue weighted by Gasteiger charge is -2.24. The van der Waals surface area contributed by atoms with Crippen LogP contribution in [0.15, 0.2) is 48.1 Å². The van der Waals surface area contributed by atoms with Crippen molar-refractivity contribution in [3.63, 3.8) is 0 Å². The molecule has 0 bridgehead atoms. The van der Waals surface area contributed by atoms with Gasteiger partial charge in [-0.05, 0) is 6.92 Å². The van der Waals surface area contributed by atoms with E-state index in [1.807, 2.05) is 0 Å². The zero-order valence-corrected chi connectivity index (χ0v) is 6.62. The molecule has 0 aromatic carbocycles. The molecule has 2 rings (SSSR count). The van der Waals surface area contributed by atoms with Crippen molar-refractivity contribution in [2.24, 2.45) is 5.41 Å². The Hall–Kier alpha value is -1.17. The zero-order valence-electron chi connectivity index (χ0n) is 6.62. The fourth-order valence-corrected chi connectivity index (χ4v) is 1.49. The van der Waals surface area contributed by atoms with Gasteiger partial charge in [-0.25, -0.2) is 0 Å². The van der Waals surface area contributed by atoms with Crippen molar-refractivity contribution in [2.75, 3.05) is 0 Å². The minimum atomic E-state index is 0.156. The van der Waals surface area contributed by atoms with Crippen LogP contribution in [0.2, 0.25) is 0 Å². The maximum absolute atomic E-state index is 2.22. The molecule has 54 valence electrons. The van der Waals surface area contributed by atoms with Gasteiger partial charge in [0, 0.05) is 11.6 Å². The third-order valence-corrected chi connectivity index (χ3v) is 2.28. The van der Waals surface area contributed by atoms with Crippen molar-refractivity contribution in [1.29, 1.82) is 0 Å². The zero-order chi connectivity index (χ0) is 7.73. The third kappa shape index (κ3) is 0.949. The Bertz CT molecular complexity index is 276. The van der Waals surface area contributed by atoms with E-state index in [2.05, 4.69) is 55.9 Å². The fourth-order valence-electron chi connectivity index (χ4n) is 1.49. The Balaban J connectivity index is 2.45. The smallest absolute Gasteiger partial charge is 0.0632 e. The molecule has 0 heterocycles. The molecule has 0 fully saturated rings. The first-order valence-electron chi connectivity index (χ1n) is 3.90. The molecular formula is C11H11+. The number of fused-ring (bicyclic) bond motifs is 1. The van der Waals surface area contributed by atoms with E-state index in [-0.39, 0.29) is 5.41 Å². The summed E-state index contributed by atoms with van der Waals surface area (Å²) in [4.78, 5) is 0. The van der Waals surface area contributed by atoms with Gasteiger partial charge in [-0.2, -0.15) is 0 Å².